The van der Waals surface area contributed by atoms with E-state index in [0.29, 0.717) is 30.0 Å². The molecule has 2 aromatic heterocycles. The number of amides is 1. The van der Waals surface area contributed by atoms with Crippen molar-refractivity contribution >= 4 is 27.5 Å². The SMILES string of the molecule is CC(C)(C)OC(=O)NCCOCCOc1cc(F)ccc1-c1nnc(-c2ccc3c(c2)CC(O)CC3)c2ccsc12. The molecule has 2 N–H and O–H groups in total. The van der Waals surface area contributed by atoms with Gasteiger partial charge in [0.1, 0.15) is 35.2 Å². The number of fused-ring (bicyclic) bond motifs is 2. The highest BCUT2D eigenvalue weighted by Gasteiger charge is 2.21. The highest BCUT2D eigenvalue weighted by molar-refractivity contribution is 7.17. The van der Waals surface area contributed by atoms with Gasteiger partial charge in [-0.2, -0.15) is 0 Å². The molecule has 0 saturated heterocycles. The van der Waals surface area contributed by atoms with Crippen LogP contribution in [0.4, 0.5) is 9.18 Å². The Morgan fingerprint density at radius 3 is 2.73 bits per heavy atom. The molecule has 0 radical (unpaired) electrons. The Labute approximate surface area is 242 Å². The van der Waals surface area contributed by atoms with Gasteiger partial charge >= 0.3 is 6.09 Å². The number of thiophene rings is 1. The zero-order chi connectivity index (χ0) is 29.0. The first-order valence-corrected chi connectivity index (χ1v) is 14.6. The molecule has 1 atom stereocenters. The van der Waals surface area contributed by atoms with Crippen molar-refractivity contribution < 1.29 is 28.5 Å². The van der Waals surface area contributed by atoms with Gasteiger partial charge in [0.15, 0.2) is 0 Å². The number of carbonyl (C=O) groups is 1. The van der Waals surface area contributed by atoms with Gasteiger partial charge in [0.25, 0.3) is 0 Å². The van der Waals surface area contributed by atoms with Gasteiger partial charge in [0.2, 0.25) is 0 Å². The van der Waals surface area contributed by atoms with Crippen LogP contribution in [0, 0.1) is 5.82 Å². The summed E-state index contributed by atoms with van der Waals surface area (Å²) in [5.74, 6) is -0.0746. The average Bonchev–Trinajstić information content (AvgIpc) is 3.41. The number of hydrogen-bond acceptors (Lipinski definition) is 8. The Balaban J connectivity index is 1.28. The Hall–Kier alpha value is -3.60. The molecule has 0 fully saturated rings. The largest absolute Gasteiger partial charge is 0.490 e. The molecule has 216 valence electrons. The third-order valence-electron chi connectivity index (χ3n) is 6.67. The van der Waals surface area contributed by atoms with Crippen LogP contribution in [0.2, 0.25) is 0 Å². The number of aliphatic hydroxyl groups excluding tert-OH is 1. The molecule has 1 amide bonds. The normalized spacial score (nSPS) is 15.0. The summed E-state index contributed by atoms with van der Waals surface area (Å²) in [7, 11) is 0. The van der Waals surface area contributed by atoms with Crippen molar-refractivity contribution in [1.29, 1.82) is 0 Å². The molecule has 0 spiro atoms. The summed E-state index contributed by atoms with van der Waals surface area (Å²) >= 11 is 1.54. The number of nitrogens with zero attached hydrogens (tertiary/aromatic N) is 2. The Bertz CT molecular complexity index is 1530. The second-order valence-electron chi connectivity index (χ2n) is 11.0. The van der Waals surface area contributed by atoms with E-state index in [0.717, 1.165) is 39.7 Å². The van der Waals surface area contributed by atoms with Crippen molar-refractivity contribution in [2.45, 2.75) is 51.7 Å². The van der Waals surface area contributed by atoms with E-state index in [1.807, 2.05) is 11.4 Å². The second kappa shape index (κ2) is 12.5. The number of alkyl carbamates (subject to hydrolysis) is 1. The monoisotopic (exact) mass is 579 g/mol. The molecule has 41 heavy (non-hydrogen) atoms. The fraction of sp³-hybridized carbons (Fsp3) is 0.387. The maximum atomic E-state index is 14.2. The van der Waals surface area contributed by atoms with Crippen molar-refractivity contribution in [2.24, 2.45) is 0 Å². The smallest absolute Gasteiger partial charge is 0.407 e. The predicted octanol–water partition coefficient (Wildman–Crippen LogP) is 5.93. The van der Waals surface area contributed by atoms with E-state index in [2.05, 4.69) is 33.7 Å². The van der Waals surface area contributed by atoms with Crippen LogP contribution in [-0.2, 0) is 22.3 Å². The van der Waals surface area contributed by atoms with Crippen molar-refractivity contribution in [3.05, 3.63) is 64.8 Å². The number of ether oxygens (including phenoxy) is 3. The molecular formula is C31H34FN3O5S. The summed E-state index contributed by atoms with van der Waals surface area (Å²) in [5.41, 5.74) is 4.82. The Kier molecular flexibility index (Phi) is 8.82. The van der Waals surface area contributed by atoms with Crippen LogP contribution in [-0.4, -0.2) is 59.5 Å². The maximum Gasteiger partial charge on any atom is 0.407 e. The van der Waals surface area contributed by atoms with E-state index < -0.39 is 17.5 Å². The minimum atomic E-state index is -0.563. The zero-order valence-corrected chi connectivity index (χ0v) is 24.2. The van der Waals surface area contributed by atoms with Crippen molar-refractivity contribution in [2.75, 3.05) is 26.4 Å². The molecule has 0 saturated carbocycles. The van der Waals surface area contributed by atoms with Crippen molar-refractivity contribution in [3.8, 4) is 28.3 Å². The number of aliphatic hydroxyl groups is 1. The van der Waals surface area contributed by atoms with Gasteiger partial charge in [0.05, 0.1) is 24.0 Å². The van der Waals surface area contributed by atoms with E-state index in [1.54, 1.807) is 38.2 Å². The third kappa shape index (κ3) is 7.19. The molecule has 1 unspecified atom stereocenters. The number of aryl methyl sites for hydroxylation is 1. The molecule has 1 aliphatic carbocycles. The molecule has 8 nitrogen and oxygen atoms in total. The van der Waals surface area contributed by atoms with Crippen LogP contribution in [0.3, 0.4) is 0 Å². The third-order valence-corrected chi connectivity index (χ3v) is 7.59. The van der Waals surface area contributed by atoms with Crippen LogP contribution in [0.1, 0.15) is 38.3 Å². The number of aromatic nitrogens is 2. The summed E-state index contributed by atoms with van der Waals surface area (Å²) in [6.07, 6.45) is 1.48. The summed E-state index contributed by atoms with van der Waals surface area (Å²) in [5, 5.41) is 24.9. The van der Waals surface area contributed by atoms with Crippen LogP contribution in [0.25, 0.3) is 32.6 Å². The molecule has 5 rings (SSSR count). The Morgan fingerprint density at radius 1 is 1.07 bits per heavy atom. The number of halogens is 1. The molecular weight excluding hydrogens is 545 g/mol. The summed E-state index contributed by atoms with van der Waals surface area (Å²) in [6, 6.07) is 12.7. The van der Waals surface area contributed by atoms with E-state index in [4.69, 9.17) is 14.2 Å². The quantitative estimate of drug-likeness (QED) is 0.237. The summed E-state index contributed by atoms with van der Waals surface area (Å²) in [4.78, 5) is 11.7. The highest BCUT2D eigenvalue weighted by Crippen LogP contribution is 2.40. The first-order valence-electron chi connectivity index (χ1n) is 13.7. The number of benzene rings is 2. The number of rotatable bonds is 9. The van der Waals surface area contributed by atoms with E-state index in [9.17, 15) is 14.3 Å². The highest BCUT2D eigenvalue weighted by atomic mass is 32.1. The van der Waals surface area contributed by atoms with Gasteiger partial charge < -0.3 is 24.6 Å². The molecule has 4 aromatic rings. The van der Waals surface area contributed by atoms with Gasteiger partial charge in [0, 0.05) is 29.1 Å². The fourth-order valence-electron chi connectivity index (χ4n) is 4.82. The zero-order valence-electron chi connectivity index (χ0n) is 23.4. The lowest BCUT2D eigenvalue weighted by molar-refractivity contribution is 0.0489. The molecule has 0 aliphatic heterocycles. The molecule has 2 heterocycles. The van der Waals surface area contributed by atoms with Gasteiger partial charge in [-0.3, -0.25) is 0 Å². The lowest BCUT2D eigenvalue weighted by atomic mass is 9.88. The minimum absolute atomic E-state index is 0.183. The van der Waals surface area contributed by atoms with E-state index in [-0.39, 0.29) is 25.9 Å². The molecule has 2 aromatic carbocycles. The number of hydrogen-bond donors (Lipinski definition) is 2. The lowest BCUT2D eigenvalue weighted by Gasteiger charge is -2.21. The van der Waals surface area contributed by atoms with Crippen LogP contribution in [0.5, 0.6) is 5.75 Å². The predicted molar refractivity (Wildman–Crippen MR) is 157 cm³/mol. The molecule has 0 bridgehead atoms. The van der Waals surface area contributed by atoms with Crippen LogP contribution >= 0.6 is 11.3 Å². The summed E-state index contributed by atoms with van der Waals surface area (Å²) < 4.78 is 31.8. The second-order valence-corrected chi connectivity index (χ2v) is 11.9. The molecule has 10 heteroatoms. The number of carbonyl (C=O) groups excluding carboxylic acids is 1. The number of nitrogens with one attached hydrogen (secondary N) is 1. The van der Waals surface area contributed by atoms with Crippen molar-refractivity contribution in [1.82, 2.24) is 15.5 Å². The maximum absolute atomic E-state index is 14.2. The summed E-state index contributed by atoms with van der Waals surface area (Å²) in [6.45, 7) is 6.40. The van der Waals surface area contributed by atoms with Gasteiger partial charge in [-0.1, -0.05) is 12.1 Å². The first-order chi connectivity index (χ1) is 19.7. The minimum Gasteiger partial charge on any atom is -0.490 e. The van der Waals surface area contributed by atoms with Gasteiger partial charge in [-0.05, 0) is 80.8 Å². The van der Waals surface area contributed by atoms with E-state index >= 15 is 0 Å². The topological polar surface area (TPSA) is 103 Å². The van der Waals surface area contributed by atoms with Crippen LogP contribution in [0.15, 0.2) is 47.8 Å². The van der Waals surface area contributed by atoms with Crippen LogP contribution < -0.4 is 10.1 Å². The van der Waals surface area contributed by atoms with Crippen molar-refractivity contribution in [3.63, 3.8) is 0 Å². The van der Waals surface area contributed by atoms with Gasteiger partial charge in [-0.25, -0.2) is 9.18 Å². The van der Waals surface area contributed by atoms with Gasteiger partial charge in [-0.15, -0.1) is 21.5 Å². The average molecular weight is 580 g/mol. The lowest BCUT2D eigenvalue weighted by Crippen LogP contribution is -2.34. The fourth-order valence-corrected chi connectivity index (χ4v) is 5.71. The van der Waals surface area contributed by atoms with E-state index in [1.165, 1.54) is 17.7 Å². The first kappa shape index (κ1) is 28.9. The Morgan fingerprint density at radius 2 is 1.90 bits per heavy atom. The standard InChI is InChI=1S/C31H34FN3O5S/c1-31(2,3)40-30(37)33-11-12-38-13-14-39-26-18-22(32)7-9-24(26)28-29-25(10-15-41-29)27(34-35-28)20-5-4-19-6-8-23(36)17-21(19)16-20/h4-5,7,9-10,15-16,18,23,36H,6,8,11-14,17H2,1-3H3,(H,33,37). The molecule has 1 aliphatic rings.